The number of benzene rings is 1. The summed E-state index contributed by atoms with van der Waals surface area (Å²) in [5, 5.41) is 0. The van der Waals surface area contributed by atoms with Crippen LogP contribution < -0.4 is 4.90 Å². The van der Waals surface area contributed by atoms with Crippen LogP contribution in [0.15, 0.2) is 30.3 Å². The monoisotopic (exact) mass is 299 g/mol. The van der Waals surface area contributed by atoms with Crippen molar-refractivity contribution in [1.29, 1.82) is 0 Å². The van der Waals surface area contributed by atoms with Crippen molar-refractivity contribution >= 4 is 23.3 Å². The van der Waals surface area contributed by atoms with E-state index in [2.05, 4.69) is 50.9 Å². The first-order chi connectivity index (χ1) is 9.92. The smallest absolute Gasteiger partial charge is 0.160 e. The molecular formula is C18H21NOS. The van der Waals surface area contributed by atoms with E-state index in [1.54, 1.807) is 11.3 Å². The highest BCUT2D eigenvalue weighted by Crippen LogP contribution is 2.44. The standard InChI is InChI=1S/C18H21NOS/c1-12-10-18(2,3)19(4)16-7-5-13(9-15(12)16)17-8-6-14(11-20)21-17/h5-9,11-12H,10H2,1-4H3. The van der Waals surface area contributed by atoms with Gasteiger partial charge in [-0.2, -0.15) is 0 Å². The van der Waals surface area contributed by atoms with Crippen LogP contribution in [-0.2, 0) is 0 Å². The Kier molecular flexibility index (Phi) is 3.40. The summed E-state index contributed by atoms with van der Waals surface area (Å²) in [5.41, 5.74) is 4.15. The maximum atomic E-state index is 10.9. The molecule has 1 aromatic carbocycles. The third-order valence-electron chi connectivity index (χ3n) is 4.66. The average molecular weight is 299 g/mol. The number of hydrogen-bond donors (Lipinski definition) is 0. The lowest BCUT2D eigenvalue weighted by Gasteiger charge is -2.45. The van der Waals surface area contributed by atoms with Crippen molar-refractivity contribution in [3.8, 4) is 10.4 Å². The van der Waals surface area contributed by atoms with Gasteiger partial charge in [0.1, 0.15) is 0 Å². The van der Waals surface area contributed by atoms with Crippen LogP contribution in [0.3, 0.4) is 0 Å². The maximum absolute atomic E-state index is 10.9. The Bertz CT molecular complexity index is 686. The van der Waals surface area contributed by atoms with Crippen LogP contribution >= 0.6 is 11.3 Å². The number of aldehydes is 1. The number of carbonyl (C=O) groups is 1. The summed E-state index contributed by atoms with van der Waals surface area (Å²) in [6.07, 6.45) is 2.08. The summed E-state index contributed by atoms with van der Waals surface area (Å²) in [4.78, 5) is 15.2. The van der Waals surface area contributed by atoms with Gasteiger partial charge >= 0.3 is 0 Å². The second kappa shape index (κ2) is 4.99. The van der Waals surface area contributed by atoms with Crippen LogP contribution in [-0.4, -0.2) is 18.9 Å². The first-order valence-electron chi connectivity index (χ1n) is 7.35. The van der Waals surface area contributed by atoms with E-state index in [-0.39, 0.29) is 5.54 Å². The molecule has 0 fully saturated rings. The molecule has 3 heteroatoms. The van der Waals surface area contributed by atoms with Gasteiger partial charge in [0.15, 0.2) is 6.29 Å². The number of carbonyl (C=O) groups excluding carboxylic acids is 1. The van der Waals surface area contributed by atoms with Gasteiger partial charge < -0.3 is 4.90 Å². The SMILES string of the molecule is CC1CC(C)(C)N(C)c2ccc(-c3ccc(C=O)s3)cc21. The van der Waals surface area contributed by atoms with Gasteiger partial charge in [-0.25, -0.2) is 0 Å². The molecule has 21 heavy (non-hydrogen) atoms. The number of fused-ring (bicyclic) bond motifs is 1. The summed E-state index contributed by atoms with van der Waals surface area (Å²) in [6, 6.07) is 10.6. The van der Waals surface area contributed by atoms with Crippen molar-refractivity contribution in [3.63, 3.8) is 0 Å². The molecule has 1 aliphatic heterocycles. The first-order valence-corrected chi connectivity index (χ1v) is 8.17. The molecule has 0 saturated carbocycles. The molecule has 110 valence electrons. The minimum absolute atomic E-state index is 0.196. The molecule has 0 amide bonds. The lowest BCUT2D eigenvalue weighted by atomic mass is 9.80. The number of rotatable bonds is 2. The molecule has 0 aliphatic carbocycles. The average Bonchev–Trinajstić information content (AvgIpc) is 2.93. The molecule has 2 nitrogen and oxygen atoms in total. The van der Waals surface area contributed by atoms with Crippen molar-refractivity contribution < 1.29 is 4.79 Å². The number of nitrogens with zero attached hydrogens (tertiary/aromatic N) is 1. The molecule has 0 spiro atoms. The second-order valence-electron chi connectivity index (χ2n) is 6.57. The molecule has 1 unspecified atom stereocenters. The number of thiophene rings is 1. The largest absolute Gasteiger partial charge is 0.369 e. The summed E-state index contributed by atoms with van der Waals surface area (Å²) >= 11 is 1.56. The van der Waals surface area contributed by atoms with Crippen molar-refractivity contribution in [2.75, 3.05) is 11.9 Å². The van der Waals surface area contributed by atoms with E-state index in [9.17, 15) is 4.79 Å². The highest BCUT2D eigenvalue weighted by Gasteiger charge is 2.34. The second-order valence-corrected chi connectivity index (χ2v) is 7.69. The zero-order chi connectivity index (χ0) is 15.2. The quantitative estimate of drug-likeness (QED) is 0.731. The van der Waals surface area contributed by atoms with E-state index < -0.39 is 0 Å². The molecule has 0 N–H and O–H groups in total. The van der Waals surface area contributed by atoms with Crippen molar-refractivity contribution in [2.24, 2.45) is 0 Å². The molecule has 2 heterocycles. The summed E-state index contributed by atoms with van der Waals surface area (Å²) < 4.78 is 0. The van der Waals surface area contributed by atoms with Crippen LogP contribution in [0.2, 0.25) is 0 Å². The maximum Gasteiger partial charge on any atom is 0.160 e. The van der Waals surface area contributed by atoms with Crippen LogP contribution in [0, 0.1) is 0 Å². The highest BCUT2D eigenvalue weighted by molar-refractivity contribution is 7.17. The topological polar surface area (TPSA) is 20.3 Å². The predicted octanol–water partition coefficient (Wildman–Crippen LogP) is 4.95. The molecule has 0 saturated heterocycles. The first kappa shape index (κ1) is 14.3. The molecule has 1 aliphatic rings. The van der Waals surface area contributed by atoms with E-state index in [0.717, 1.165) is 17.6 Å². The van der Waals surface area contributed by atoms with Crippen LogP contribution in [0.5, 0.6) is 0 Å². The van der Waals surface area contributed by atoms with Gasteiger partial charge in [-0.3, -0.25) is 4.79 Å². The van der Waals surface area contributed by atoms with Gasteiger partial charge in [-0.15, -0.1) is 11.3 Å². The van der Waals surface area contributed by atoms with Gasteiger partial charge in [0.25, 0.3) is 0 Å². The third kappa shape index (κ3) is 2.40. The zero-order valence-corrected chi connectivity index (χ0v) is 13.8. The Morgan fingerprint density at radius 3 is 2.71 bits per heavy atom. The highest BCUT2D eigenvalue weighted by atomic mass is 32.1. The molecule has 0 bridgehead atoms. The van der Waals surface area contributed by atoms with E-state index in [1.165, 1.54) is 21.7 Å². The Labute approximate surface area is 130 Å². The molecule has 2 aromatic rings. The van der Waals surface area contributed by atoms with E-state index >= 15 is 0 Å². The molecule has 0 radical (unpaired) electrons. The number of hydrogen-bond acceptors (Lipinski definition) is 3. The predicted molar refractivity (Wildman–Crippen MR) is 90.7 cm³/mol. The Balaban J connectivity index is 2.05. The Morgan fingerprint density at radius 2 is 2.05 bits per heavy atom. The lowest BCUT2D eigenvalue weighted by molar-refractivity contribution is 0.112. The Hall–Kier alpha value is -1.61. The minimum atomic E-state index is 0.196. The summed E-state index contributed by atoms with van der Waals surface area (Å²) in [7, 11) is 2.18. The van der Waals surface area contributed by atoms with E-state index in [0.29, 0.717) is 5.92 Å². The third-order valence-corrected chi connectivity index (χ3v) is 5.72. The van der Waals surface area contributed by atoms with Gasteiger partial charge in [-0.1, -0.05) is 13.0 Å². The van der Waals surface area contributed by atoms with Crippen molar-refractivity contribution in [3.05, 3.63) is 40.8 Å². The van der Waals surface area contributed by atoms with E-state index in [4.69, 9.17) is 0 Å². The summed E-state index contributed by atoms with van der Waals surface area (Å²) in [6.45, 7) is 6.91. The summed E-state index contributed by atoms with van der Waals surface area (Å²) in [5.74, 6) is 0.552. The normalized spacial score (nSPS) is 20.2. The molecular weight excluding hydrogens is 278 g/mol. The molecule has 3 rings (SSSR count). The Morgan fingerprint density at radius 1 is 1.29 bits per heavy atom. The number of anilines is 1. The molecule has 1 atom stereocenters. The lowest BCUT2D eigenvalue weighted by Crippen LogP contribution is -2.45. The van der Waals surface area contributed by atoms with Crippen molar-refractivity contribution in [1.82, 2.24) is 0 Å². The van der Waals surface area contributed by atoms with Crippen LogP contribution in [0.1, 0.15) is 48.3 Å². The van der Waals surface area contributed by atoms with Crippen LogP contribution in [0.4, 0.5) is 5.69 Å². The van der Waals surface area contributed by atoms with Gasteiger partial charge in [0.05, 0.1) is 4.88 Å². The van der Waals surface area contributed by atoms with Gasteiger partial charge in [-0.05, 0) is 61.6 Å². The van der Waals surface area contributed by atoms with Crippen molar-refractivity contribution in [2.45, 2.75) is 38.6 Å². The van der Waals surface area contributed by atoms with E-state index in [1.807, 2.05) is 12.1 Å². The minimum Gasteiger partial charge on any atom is -0.369 e. The van der Waals surface area contributed by atoms with Gasteiger partial charge in [0, 0.05) is 23.2 Å². The fourth-order valence-electron chi connectivity index (χ4n) is 3.30. The zero-order valence-electron chi connectivity index (χ0n) is 13.0. The van der Waals surface area contributed by atoms with Crippen LogP contribution in [0.25, 0.3) is 10.4 Å². The molecule has 1 aromatic heterocycles. The van der Waals surface area contributed by atoms with Gasteiger partial charge in [0.2, 0.25) is 0 Å². The fourth-order valence-corrected chi connectivity index (χ4v) is 4.12. The fraction of sp³-hybridized carbons (Fsp3) is 0.389.